The van der Waals surface area contributed by atoms with Gasteiger partial charge in [0.15, 0.2) is 6.61 Å². The van der Waals surface area contributed by atoms with E-state index in [4.69, 9.17) is 9.84 Å². The smallest absolute Gasteiger partial charge is 0.341 e. The molecule has 1 rings (SSSR count). The number of hydrogen-bond donors (Lipinski definition) is 3. The van der Waals surface area contributed by atoms with Crippen molar-refractivity contribution in [1.29, 1.82) is 0 Å². The molecule has 0 spiro atoms. The minimum Gasteiger partial charge on any atom is -0.482 e. The number of benzene rings is 1. The molecule has 0 heterocycles. The summed E-state index contributed by atoms with van der Waals surface area (Å²) >= 11 is 0. The van der Waals surface area contributed by atoms with E-state index in [1.807, 2.05) is 7.05 Å². The first-order valence-corrected chi connectivity index (χ1v) is 6.01. The molecule has 0 aliphatic carbocycles. The van der Waals surface area contributed by atoms with E-state index < -0.39 is 12.6 Å². The molecule has 0 aliphatic rings. The van der Waals surface area contributed by atoms with Crippen LogP contribution >= 0.6 is 0 Å². The largest absolute Gasteiger partial charge is 0.482 e. The Labute approximate surface area is 111 Å². The third kappa shape index (κ3) is 6.42. The van der Waals surface area contributed by atoms with Crippen molar-refractivity contribution < 1.29 is 19.4 Å². The van der Waals surface area contributed by atoms with Gasteiger partial charge in [0.1, 0.15) is 5.75 Å². The average Bonchev–Trinajstić information content (AvgIpc) is 2.37. The van der Waals surface area contributed by atoms with Gasteiger partial charge in [-0.05, 0) is 32.1 Å². The van der Waals surface area contributed by atoms with Gasteiger partial charge in [-0.2, -0.15) is 0 Å². The summed E-state index contributed by atoms with van der Waals surface area (Å²) in [6.07, 6.45) is 1.19. The SMILES string of the molecule is CNCCCC(=O)Nc1cccc(OCC(=O)O)c1. The van der Waals surface area contributed by atoms with Crippen LogP contribution in [0, 0.1) is 0 Å². The van der Waals surface area contributed by atoms with E-state index in [0.717, 1.165) is 13.0 Å². The van der Waals surface area contributed by atoms with Crippen molar-refractivity contribution in [3.63, 3.8) is 0 Å². The molecular formula is C13H18N2O4. The van der Waals surface area contributed by atoms with Gasteiger partial charge in [0.2, 0.25) is 5.91 Å². The third-order valence-electron chi connectivity index (χ3n) is 2.31. The predicted molar refractivity (Wildman–Crippen MR) is 71.4 cm³/mol. The molecule has 1 amide bonds. The van der Waals surface area contributed by atoms with E-state index in [-0.39, 0.29) is 5.91 Å². The summed E-state index contributed by atoms with van der Waals surface area (Å²) in [5.41, 5.74) is 0.595. The first-order chi connectivity index (χ1) is 9.11. The van der Waals surface area contributed by atoms with Gasteiger partial charge in [-0.3, -0.25) is 4.79 Å². The Balaban J connectivity index is 2.47. The van der Waals surface area contributed by atoms with Gasteiger partial charge in [-0.15, -0.1) is 0 Å². The van der Waals surface area contributed by atoms with Gasteiger partial charge in [-0.1, -0.05) is 6.07 Å². The van der Waals surface area contributed by atoms with Crippen molar-refractivity contribution in [2.45, 2.75) is 12.8 Å². The average molecular weight is 266 g/mol. The van der Waals surface area contributed by atoms with E-state index in [1.54, 1.807) is 24.3 Å². The van der Waals surface area contributed by atoms with Crippen molar-refractivity contribution >= 4 is 17.6 Å². The lowest BCUT2D eigenvalue weighted by atomic mass is 10.2. The summed E-state index contributed by atoms with van der Waals surface area (Å²) < 4.78 is 5.03. The first-order valence-electron chi connectivity index (χ1n) is 6.01. The summed E-state index contributed by atoms with van der Waals surface area (Å²) in [4.78, 5) is 22.0. The van der Waals surface area contributed by atoms with Crippen molar-refractivity contribution in [2.24, 2.45) is 0 Å². The van der Waals surface area contributed by atoms with Crippen LogP contribution in [0.1, 0.15) is 12.8 Å². The molecule has 0 atom stereocenters. The number of rotatable bonds is 8. The molecule has 0 unspecified atom stereocenters. The van der Waals surface area contributed by atoms with Crippen molar-refractivity contribution in [1.82, 2.24) is 5.32 Å². The number of carboxylic acids is 1. The molecule has 0 aromatic heterocycles. The molecule has 19 heavy (non-hydrogen) atoms. The summed E-state index contributed by atoms with van der Waals surface area (Å²) in [5, 5.41) is 14.2. The van der Waals surface area contributed by atoms with Gasteiger partial charge >= 0.3 is 5.97 Å². The molecule has 0 aliphatic heterocycles. The fourth-order valence-corrected chi connectivity index (χ4v) is 1.46. The highest BCUT2D eigenvalue weighted by Crippen LogP contribution is 2.17. The van der Waals surface area contributed by atoms with Crippen molar-refractivity contribution in [3.8, 4) is 5.75 Å². The summed E-state index contributed by atoms with van der Waals surface area (Å²) in [7, 11) is 1.83. The van der Waals surface area contributed by atoms with Crippen LogP contribution in [0.5, 0.6) is 5.75 Å². The maximum absolute atomic E-state index is 11.6. The van der Waals surface area contributed by atoms with E-state index in [2.05, 4.69) is 10.6 Å². The molecular weight excluding hydrogens is 248 g/mol. The number of carbonyl (C=O) groups is 2. The van der Waals surface area contributed by atoms with E-state index in [0.29, 0.717) is 17.9 Å². The lowest BCUT2D eigenvalue weighted by Crippen LogP contribution is -2.15. The number of anilines is 1. The lowest BCUT2D eigenvalue weighted by Gasteiger charge is -2.08. The topological polar surface area (TPSA) is 87.7 Å². The van der Waals surface area contributed by atoms with Gasteiger partial charge in [0.25, 0.3) is 0 Å². The van der Waals surface area contributed by atoms with Crippen LogP contribution in [-0.2, 0) is 9.59 Å². The molecule has 0 radical (unpaired) electrons. The molecule has 3 N–H and O–H groups in total. The first kappa shape index (κ1) is 15.0. The van der Waals surface area contributed by atoms with Crippen LogP contribution in [0.25, 0.3) is 0 Å². The molecule has 0 saturated carbocycles. The Morgan fingerprint density at radius 2 is 2.16 bits per heavy atom. The number of nitrogens with one attached hydrogen (secondary N) is 2. The zero-order chi connectivity index (χ0) is 14.1. The Bertz CT molecular complexity index is 434. The molecule has 6 nitrogen and oxygen atoms in total. The second kappa shape index (κ2) is 8.10. The molecule has 1 aromatic carbocycles. The van der Waals surface area contributed by atoms with Crippen LogP contribution < -0.4 is 15.4 Å². The van der Waals surface area contributed by atoms with E-state index in [1.165, 1.54) is 0 Å². The Kier molecular flexibility index (Phi) is 6.38. The summed E-state index contributed by atoms with van der Waals surface area (Å²) in [5.74, 6) is -0.706. The normalized spacial score (nSPS) is 9.95. The molecule has 6 heteroatoms. The van der Waals surface area contributed by atoms with Crippen LogP contribution in [-0.4, -0.2) is 37.2 Å². The number of hydrogen-bond acceptors (Lipinski definition) is 4. The third-order valence-corrected chi connectivity index (χ3v) is 2.31. The number of carbonyl (C=O) groups excluding carboxylic acids is 1. The maximum Gasteiger partial charge on any atom is 0.341 e. The minimum absolute atomic E-state index is 0.0781. The fraction of sp³-hybridized carbons (Fsp3) is 0.385. The predicted octanol–water partition coefficient (Wildman–Crippen LogP) is 1.09. The zero-order valence-corrected chi connectivity index (χ0v) is 10.8. The number of amides is 1. The number of carboxylic acid groups (broad SMARTS) is 1. The summed E-state index contributed by atoms with van der Waals surface area (Å²) in [6, 6.07) is 6.66. The van der Waals surface area contributed by atoms with Crippen molar-refractivity contribution in [2.75, 3.05) is 25.5 Å². The Morgan fingerprint density at radius 1 is 1.37 bits per heavy atom. The maximum atomic E-state index is 11.6. The van der Waals surface area contributed by atoms with Crippen LogP contribution in [0.15, 0.2) is 24.3 Å². The molecule has 0 bridgehead atoms. The van der Waals surface area contributed by atoms with Crippen LogP contribution in [0.3, 0.4) is 0 Å². The molecule has 0 fully saturated rings. The quantitative estimate of drug-likeness (QED) is 0.613. The summed E-state index contributed by atoms with van der Waals surface area (Å²) in [6.45, 7) is 0.384. The van der Waals surface area contributed by atoms with Gasteiger partial charge in [0, 0.05) is 18.2 Å². The second-order valence-corrected chi connectivity index (χ2v) is 3.97. The highest BCUT2D eigenvalue weighted by molar-refractivity contribution is 5.90. The molecule has 0 saturated heterocycles. The number of aliphatic carboxylic acids is 1. The van der Waals surface area contributed by atoms with E-state index in [9.17, 15) is 9.59 Å². The lowest BCUT2D eigenvalue weighted by molar-refractivity contribution is -0.139. The van der Waals surface area contributed by atoms with E-state index >= 15 is 0 Å². The van der Waals surface area contributed by atoms with Crippen LogP contribution in [0.2, 0.25) is 0 Å². The molecule has 1 aromatic rings. The fourth-order valence-electron chi connectivity index (χ4n) is 1.46. The Morgan fingerprint density at radius 3 is 2.84 bits per heavy atom. The van der Waals surface area contributed by atoms with Gasteiger partial charge in [0.05, 0.1) is 0 Å². The minimum atomic E-state index is -1.04. The van der Waals surface area contributed by atoms with Gasteiger partial charge in [-0.25, -0.2) is 4.79 Å². The Hall–Kier alpha value is -2.08. The molecule has 104 valence electrons. The van der Waals surface area contributed by atoms with Gasteiger partial charge < -0.3 is 20.5 Å². The standard InChI is InChI=1S/C13H18N2O4/c1-14-7-3-6-12(16)15-10-4-2-5-11(8-10)19-9-13(17)18/h2,4-5,8,14H,3,6-7,9H2,1H3,(H,15,16)(H,17,18). The highest BCUT2D eigenvalue weighted by atomic mass is 16.5. The zero-order valence-electron chi connectivity index (χ0n) is 10.8. The monoisotopic (exact) mass is 266 g/mol. The second-order valence-electron chi connectivity index (χ2n) is 3.97. The number of ether oxygens (including phenoxy) is 1. The van der Waals surface area contributed by atoms with Crippen molar-refractivity contribution in [3.05, 3.63) is 24.3 Å². The van der Waals surface area contributed by atoms with Crippen LogP contribution in [0.4, 0.5) is 5.69 Å². The highest BCUT2D eigenvalue weighted by Gasteiger charge is 2.04.